The van der Waals surface area contributed by atoms with Crippen LogP contribution in [0.15, 0.2) is 6.07 Å². The predicted octanol–water partition coefficient (Wildman–Crippen LogP) is 1.29. The van der Waals surface area contributed by atoms with Gasteiger partial charge in [0, 0.05) is 44.5 Å². The molecule has 2 heterocycles. The first-order valence-electron chi connectivity index (χ1n) is 8.30. The molecule has 0 bridgehead atoms. The molecule has 1 N–H and O–H groups in total. The maximum atomic E-state index is 4.70. The molecule has 0 radical (unpaired) electrons. The van der Waals surface area contributed by atoms with Gasteiger partial charge < -0.3 is 20.0 Å². The van der Waals surface area contributed by atoms with Crippen LogP contribution in [0, 0.1) is 6.92 Å². The second kappa shape index (κ2) is 8.29. The molecule has 2 rings (SSSR count). The molecular weight excluding hydrogens is 276 g/mol. The summed E-state index contributed by atoms with van der Waals surface area (Å²) in [5.74, 6) is 1.81. The SMILES string of the molecule is CCN1CCN(c2nc(C)cc(NCCCN(C)C)n2)CC1. The molecule has 0 aromatic carbocycles. The van der Waals surface area contributed by atoms with Crippen LogP contribution in [0.3, 0.4) is 0 Å². The summed E-state index contributed by atoms with van der Waals surface area (Å²) in [5.41, 5.74) is 1.03. The van der Waals surface area contributed by atoms with Crippen LogP contribution in [-0.2, 0) is 0 Å². The highest BCUT2D eigenvalue weighted by molar-refractivity contribution is 5.43. The summed E-state index contributed by atoms with van der Waals surface area (Å²) in [4.78, 5) is 16.3. The molecule has 0 saturated carbocycles. The van der Waals surface area contributed by atoms with E-state index in [1.807, 2.05) is 13.0 Å². The molecule has 1 saturated heterocycles. The lowest BCUT2D eigenvalue weighted by Gasteiger charge is -2.34. The first-order chi connectivity index (χ1) is 10.6. The maximum Gasteiger partial charge on any atom is 0.227 e. The highest BCUT2D eigenvalue weighted by Crippen LogP contribution is 2.15. The molecule has 0 spiro atoms. The molecule has 0 atom stereocenters. The highest BCUT2D eigenvalue weighted by atomic mass is 15.3. The minimum Gasteiger partial charge on any atom is -0.370 e. The lowest BCUT2D eigenvalue weighted by molar-refractivity contribution is 0.270. The summed E-state index contributed by atoms with van der Waals surface area (Å²) in [5, 5.41) is 3.43. The number of rotatable bonds is 7. The van der Waals surface area contributed by atoms with Crippen LogP contribution in [-0.4, -0.2) is 79.7 Å². The highest BCUT2D eigenvalue weighted by Gasteiger charge is 2.18. The zero-order valence-electron chi connectivity index (χ0n) is 14.5. The van der Waals surface area contributed by atoms with Crippen LogP contribution in [0.5, 0.6) is 0 Å². The molecule has 1 aromatic rings. The average Bonchev–Trinajstić information content (AvgIpc) is 2.51. The van der Waals surface area contributed by atoms with Crippen molar-refractivity contribution in [3.05, 3.63) is 11.8 Å². The summed E-state index contributed by atoms with van der Waals surface area (Å²) in [6, 6.07) is 2.03. The first kappa shape index (κ1) is 17.0. The molecule has 1 fully saturated rings. The molecule has 0 aliphatic carbocycles. The van der Waals surface area contributed by atoms with Crippen LogP contribution < -0.4 is 10.2 Å². The van der Waals surface area contributed by atoms with Gasteiger partial charge in [0.25, 0.3) is 0 Å². The Morgan fingerprint density at radius 2 is 1.91 bits per heavy atom. The standard InChI is InChI=1S/C16H30N6/c1-5-21-9-11-22(12-10-21)16-18-14(2)13-15(19-16)17-7-6-8-20(3)4/h13H,5-12H2,1-4H3,(H,17,18,19). The molecule has 0 unspecified atom stereocenters. The molecule has 0 amide bonds. The molecule has 1 aliphatic heterocycles. The molecule has 6 heteroatoms. The number of likely N-dealkylation sites (N-methyl/N-ethyl adjacent to an activating group) is 1. The minimum absolute atomic E-state index is 0.867. The van der Waals surface area contributed by atoms with Crippen LogP contribution in [0.4, 0.5) is 11.8 Å². The van der Waals surface area contributed by atoms with E-state index in [1.165, 1.54) is 0 Å². The van der Waals surface area contributed by atoms with Crippen molar-refractivity contribution in [2.75, 3.05) is 70.1 Å². The van der Waals surface area contributed by atoms with Crippen LogP contribution in [0.25, 0.3) is 0 Å². The van der Waals surface area contributed by atoms with E-state index in [4.69, 9.17) is 4.98 Å². The van der Waals surface area contributed by atoms with E-state index < -0.39 is 0 Å². The summed E-state index contributed by atoms with van der Waals surface area (Å²) < 4.78 is 0. The van der Waals surface area contributed by atoms with Crippen LogP contribution in [0.2, 0.25) is 0 Å². The van der Waals surface area contributed by atoms with E-state index in [-0.39, 0.29) is 0 Å². The van der Waals surface area contributed by atoms with Gasteiger partial charge in [-0.15, -0.1) is 0 Å². The van der Waals surface area contributed by atoms with Gasteiger partial charge in [0.15, 0.2) is 0 Å². The second-order valence-corrected chi connectivity index (χ2v) is 6.20. The first-order valence-corrected chi connectivity index (χ1v) is 8.30. The number of anilines is 2. The van der Waals surface area contributed by atoms with Crippen molar-refractivity contribution in [2.45, 2.75) is 20.3 Å². The summed E-state index contributed by atoms with van der Waals surface area (Å²) in [6.45, 7) is 11.6. The lowest BCUT2D eigenvalue weighted by atomic mass is 10.3. The Bertz CT molecular complexity index is 454. The third-order valence-corrected chi connectivity index (χ3v) is 4.03. The quantitative estimate of drug-likeness (QED) is 0.766. The van der Waals surface area contributed by atoms with Crippen molar-refractivity contribution in [2.24, 2.45) is 0 Å². The number of aryl methyl sites for hydroxylation is 1. The number of piperazine rings is 1. The van der Waals surface area contributed by atoms with Crippen molar-refractivity contribution >= 4 is 11.8 Å². The van der Waals surface area contributed by atoms with Crippen molar-refractivity contribution < 1.29 is 0 Å². The van der Waals surface area contributed by atoms with E-state index in [0.29, 0.717) is 0 Å². The van der Waals surface area contributed by atoms with Gasteiger partial charge >= 0.3 is 0 Å². The van der Waals surface area contributed by atoms with Gasteiger partial charge in [0.05, 0.1) is 0 Å². The molecule has 22 heavy (non-hydrogen) atoms. The third kappa shape index (κ3) is 5.10. The van der Waals surface area contributed by atoms with E-state index >= 15 is 0 Å². The van der Waals surface area contributed by atoms with Gasteiger partial charge in [0.1, 0.15) is 5.82 Å². The van der Waals surface area contributed by atoms with Gasteiger partial charge in [0.2, 0.25) is 5.95 Å². The van der Waals surface area contributed by atoms with E-state index in [0.717, 1.165) is 69.7 Å². The van der Waals surface area contributed by atoms with Crippen LogP contribution >= 0.6 is 0 Å². The molecule has 124 valence electrons. The van der Waals surface area contributed by atoms with Gasteiger partial charge in [-0.3, -0.25) is 0 Å². The summed E-state index contributed by atoms with van der Waals surface area (Å²) >= 11 is 0. The monoisotopic (exact) mass is 306 g/mol. The number of nitrogens with one attached hydrogen (secondary N) is 1. The number of nitrogens with zero attached hydrogens (tertiary/aromatic N) is 5. The molecule has 1 aromatic heterocycles. The van der Waals surface area contributed by atoms with E-state index in [1.54, 1.807) is 0 Å². The number of hydrogen-bond acceptors (Lipinski definition) is 6. The fourth-order valence-corrected chi connectivity index (χ4v) is 2.66. The normalized spacial score (nSPS) is 16.3. The second-order valence-electron chi connectivity index (χ2n) is 6.20. The van der Waals surface area contributed by atoms with Gasteiger partial charge in [-0.25, -0.2) is 4.98 Å². The third-order valence-electron chi connectivity index (χ3n) is 4.03. The fourth-order valence-electron chi connectivity index (χ4n) is 2.66. The van der Waals surface area contributed by atoms with Crippen molar-refractivity contribution in [1.82, 2.24) is 19.8 Å². The molecular formula is C16H30N6. The Morgan fingerprint density at radius 3 is 2.55 bits per heavy atom. The molecule has 6 nitrogen and oxygen atoms in total. The van der Waals surface area contributed by atoms with E-state index in [9.17, 15) is 0 Å². The Hall–Kier alpha value is -1.40. The lowest BCUT2D eigenvalue weighted by Crippen LogP contribution is -2.46. The maximum absolute atomic E-state index is 4.70. The smallest absolute Gasteiger partial charge is 0.227 e. The largest absolute Gasteiger partial charge is 0.370 e. The summed E-state index contributed by atoms with van der Waals surface area (Å²) in [7, 11) is 4.20. The Labute approximate surface area is 134 Å². The van der Waals surface area contributed by atoms with Crippen LogP contribution in [0.1, 0.15) is 19.0 Å². The van der Waals surface area contributed by atoms with Gasteiger partial charge in [-0.1, -0.05) is 6.92 Å². The van der Waals surface area contributed by atoms with Crippen molar-refractivity contribution in [3.8, 4) is 0 Å². The van der Waals surface area contributed by atoms with Gasteiger partial charge in [-0.2, -0.15) is 4.98 Å². The predicted molar refractivity (Wildman–Crippen MR) is 92.8 cm³/mol. The topological polar surface area (TPSA) is 47.5 Å². The van der Waals surface area contributed by atoms with Crippen molar-refractivity contribution in [3.63, 3.8) is 0 Å². The minimum atomic E-state index is 0.867. The zero-order chi connectivity index (χ0) is 15.9. The fraction of sp³-hybridized carbons (Fsp3) is 0.750. The number of aromatic nitrogens is 2. The van der Waals surface area contributed by atoms with Gasteiger partial charge in [-0.05, 0) is 40.5 Å². The Kier molecular flexibility index (Phi) is 6.39. The van der Waals surface area contributed by atoms with Crippen molar-refractivity contribution in [1.29, 1.82) is 0 Å². The summed E-state index contributed by atoms with van der Waals surface area (Å²) in [6.07, 6.45) is 1.11. The molecule has 1 aliphatic rings. The Balaban J connectivity index is 1.92. The van der Waals surface area contributed by atoms with E-state index in [2.05, 4.69) is 46.0 Å². The number of hydrogen-bond donors (Lipinski definition) is 1. The average molecular weight is 306 g/mol. The Morgan fingerprint density at radius 1 is 1.18 bits per heavy atom. The zero-order valence-corrected chi connectivity index (χ0v) is 14.5.